The van der Waals surface area contributed by atoms with Gasteiger partial charge in [-0.2, -0.15) is 0 Å². The van der Waals surface area contributed by atoms with Crippen LogP contribution < -0.4 is 17.2 Å². The average Bonchev–Trinajstić information content (AvgIpc) is 3.71. The van der Waals surface area contributed by atoms with Gasteiger partial charge in [0.2, 0.25) is 0 Å². The Morgan fingerprint density at radius 1 is 0.565 bits per heavy atom. The summed E-state index contributed by atoms with van der Waals surface area (Å²) in [6, 6.07) is 46.0. The largest absolute Gasteiger partial charge is 0.481 e. The third kappa shape index (κ3) is 23.8. The Bertz CT molecular complexity index is 2710. The number of thiocarbonyl (C=S) groups is 1. The van der Waals surface area contributed by atoms with E-state index >= 15 is 0 Å². The fourth-order valence-corrected chi connectivity index (χ4v) is 7.84. The number of nitrogen functional groups attached to an aromatic ring is 1. The molecule has 9 nitrogen and oxygen atoms in total. The summed E-state index contributed by atoms with van der Waals surface area (Å²) in [4.78, 5) is 38.5. The topological polar surface area (TPSA) is 172 Å². The Kier molecular flexibility index (Phi) is 26.8. The van der Waals surface area contributed by atoms with Crippen LogP contribution in [0.4, 0.5) is 5.13 Å². The van der Waals surface area contributed by atoms with E-state index in [4.69, 9.17) is 80.4 Å². The molecule has 0 spiro atoms. The number of anilines is 1. The summed E-state index contributed by atoms with van der Waals surface area (Å²) in [7, 11) is 1.41. The number of ether oxygens (including phenoxy) is 1. The van der Waals surface area contributed by atoms with Crippen LogP contribution in [0.25, 0.3) is 10.4 Å². The third-order valence-corrected chi connectivity index (χ3v) is 12.5. The highest BCUT2D eigenvalue weighted by Gasteiger charge is 2.14. The molecule has 7 rings (SSSR count). The summed E-state index contributed by atoms with van der Waals surface area (Å²) in [6.45, 7) is 0. The number of carbonyl (C=O) groups is 3. The van der Waals surface area contributed by atoms with Crippen molar-refractivity contribution in [2.75, 3.05) is 12.8 Å². The molecule has 6 aromatic carbocycles. The summed E-state index contributed by atoms with van der Waals surface area (Å²) in [5.41, 5.74) is 22.4. The number of carbonyl (C=O) groups excluding carboxylic acids is 2. The maximum Gasteiger partial charge on any atom is 0.307 e. The van der Waals surface area contributed by atoms with Crippen molar-refractivity contribution in [3.63, 3.8) is 0 Å². The smallest absolute Gasteiger partial charge is 0.307 e. The highest BCUT2D eigenvalue weighted by molar-refractivity contribution is 7.80. The van der Waals surface area contributed by atoms with Crippen LogP contribution in [0.1, 0.15) is 46.4 Å². The summed E-state index contributed by atoms with van der Waals surface area (Å²) in [5.74, 6) is -0.825. The van der Waals surface area contributed by atoms with E-state index in [1.54, 1.807) is 36.4 Å². The molecule has 0 aliphatic rings. The van der Waals surface area contributed by atoms with E-state index in [9.17, 15) is 14.4 Å². The van der Waals surface area contributed by atoms with Gasteiger partial charge < -0.3 is 27.0 Å². The van der Waals surface area contributed by atoms with E-state index in [1.165, 1.54) is 35.1 Å². The number of ketones is 1. The minimum atomic E-state index is -0.881. The first-order chi connectivity index (χ1) is 32.9. The van der Waals surface area contributed by atoms with Gasteiger partial charge >= 0.3 is 11.9 Å². The summed E-state index contributed by atoms with van der Waals surface area (Å²) < 4.78 is 4.53. The number of Topliss-reactive ketones (excluding diaryl/α,β-unsaturated/α-hetero) is 1. The van der Waals surface area contributed by atoms with Gasteiger partial charge in [-0.3, -0.25) is 14.4 Å². The fraction of sp³-hybridized carbons (Fsp3) is 0.173. The first-order valence-corrected chi connectivity index (χ1v) is 24.5. The molecule has 0 aliphatic carbocycles. The van der Waals surface area contributed by atoms with Crippen molar-refractivity contribution in [3.8, 4) is 10.4 Å². The van der Waals surface area contributed by atoms with E-state index in [2.05, 4.69) is 45.5 Å². The van der Waals surface area contributed by atoms with Crippen molar-refractivity contribution < 1.29 is 24.2 Å². The highest BCUT2D eigenvalue weighted by Crippen LogP contribution is 2.36. The van der Waals surface area contributed by atoms with Crippen molar-refractivity contribution in [2.24, 2.45) is 11.5 Å². The number of aryl methyl sites for hydroxylation is 4. The number of hydrogen-bond donors (Lipinski definition) is 4. The average molecular weight is 1090 g/mol. The van der Waals surface area contributed by atoms with Gasteiger partial charge in [-0.25, -0.2) is 4.98 Å². The number of carboxylic acids is 1. The zero-order valence-electron chi connectivity index (χ0n) is 37.4. The lowest BCUT2D eigenvalue weighted by Gasteiger charge is -2.04. The quantitative estimate of drug-likeness (QED) is 0.0607. The number of aromatic nitrogens is 1. The molecule has 0 aliphatic heterocycles. The van der Waals surface area contributed by atoms with Crippen LogP contribution in [-0.4, -0.2) is 40.0 Å². The lowest BCUT2D eigenvalue weighted by atomic mass is 10.0. The molecule has 7 aromatic rings. The van der Waals surface area contributed by atoms with Gasteiger partial charge in [-0.05, 0) is 108 Å². The van der Waals surface area contributed by atoms with Crippen LogP contribution in [0.2, 0.25) is 30.1 Å². The molecule has 7 N–H and O–H groups in total. The third-order valence-electron chi connectivity index (χ3n) is 9.34. The van der Waals surface area contributed by atoms with Gasteiger partial charge in [0.15, 0.2) is 10.2 Å². The molecule has 17 heteroatoms. The van der Waals surface area contributed by atoms with Gasteiger partial charge in [0, 0.05) is 19.3 Å². The minimum Gasteiger partial charge on any atom is -0.481 e. The second kappa shape index (κ2) is 31.8. The van der Waals surface area contributed by atoms with E-state index in [0.29, 0.717) is 60.1 Å². The number of nitrogens with two attached hydrogens (primary N) is 3. The fourth-order valence-electron chi connectivity index (χ4n) is 6.02. The van der Waals surface area contributed by atoms with Gasteiger partial charge in [0.25, 0.3) is 0 Å². The van der Waals surface area contributed by atoms with Crippen molar-refractivity contribution >= 4 is 121 Å². The molecule has 1 heterocycles. The zero-order chi connectivity index (χ0) is 50.7. The Morgan fingerprint density at radius 2 is 0.986 bits per heavy atom. The number of carboxylic acid groups (broad SMARTS) is 1. The molecule has 0 unspecified atom stereocenters. The van der Waals surface area contributed by atoms with Crippen LogP contribution in [-0.2, 0) is 57.6 Å². The van der Waals surface area contributed by atoms with Crippen LogP contribution >= 0.6 is 93.2 Å². The standard InChI is InChI=1S/C17H14Cl2N2S.C16H14Cl2O.C10H12O2.C8H6Cl2O2.CH4N2S/c18-13-8-7-12(10-14(13)19)16-15(21-17(20)22-16)9-6-11-4-2-1-3-5-11;17-15-9-7-13(11-16(15)18)10-14(19)8-6-12-4-2-1-3-5-12;1-12-10(11)8-7-9-5-3-2-4-6-9;9-6-2-1-5(3-7(6)10)4-8(11)12;2-1(3)4/h1-5,7-8,10H,6,9H2,(H2,20,21);1-5,7,9,11H,6,8,10H2;2-6H,7-8H2,1H3;1-3H,4H2,(H,11,12);(H4,2,3,4). The molecular weight excluding hydrogens is 1040 g/mol. The molecule has 0 saturated heterocycles. The van der Waals surface area contributed by atoms with Crippen LogP contribution in [0.15, 0.2) is 146 Å². The number of halogens is 6. The lowest BCUT2D eigenvalue weighted by Crippen LogP contribution is -2.18. The first-order valence-electron chi connectivity index (χ1n) is 21.0. The Morgan fingerprint density at radius 3 is 1.42 bits per heavy atom. The van der Waals surface area contributed by atoms with Crippen molar-refractivity contribution in [3.05, 3.63) is 209 Å². The van der Waals surface area contributed by atoms with Crippen LogP contribution in [0, 0.1) is 0 Å². The molecule has 69 heavy (non-hydrogen) atoms. The summed E-state index contributed by atoms with van der Waals surface area (Å²) in [6.07, 6.45) is 4.69. The normalized spacial score (nSPS) is 10.0. The maximum atomic E-state index is 11.9. The van der Waals surface area contributed by atoms with Crippen LogP contribution in [0.5, 0.6) is 0 Å². The minimum absolute atomic E-state index is 0.000000000000000222. The number of benzene rings is 6. The number of esters is 1. The second-order valence-electron chi connectivity index (χ2n) is 14.7. The Hall–Kier alpha value is -5.21. The molecule has 0 fully saturated rings. The van der Waals surface area contributed by atoms with Crippen LogP contribution in [0.3, 0.4) is 0 Å². The molecule has 0 atom stereocenters. The number of nitrogens with zero attached hydrogens (tertiary/aromatic N) is 1. The number of thiazole rings is 1. The highest BCUT2D eigenvalue weighted by atomic mass is 35.5. The second-order valence-corrected chi connectivity index (χ2v) is 18.6. The van der Waals surface area contributed by atoms with Gasteiger partial charge in [-0.15, -0.1) is 0 Å². The molecule has 0 bridgehead atoms. The zero-order valence-corrected chi connectivity index (χ0v) is 43.5. The summed E-state index contributed by atoms with van der Waals surface area (Å²) in [5, 5.41) is 11.9. The van der Waals surface area contributed by atoms with Crippen molar-refractivity contribution in [1.82, 2.24) is 4.98 Å². The van der Waals surface area contributed by atoms with E-state index in [0.717, 1.165) is 47.4 Å². The Labute approximate surface area is 442 Å². The number of rotatable bonds is 14. The van der Waals surface area contributed by atoms with E-state index < -0.39 is 5.97 Å². The molecule has 0 amide bonds. The lowest BCUT2D eigenvalue weighted by molar-refractivity contribution is -0.140. The predicted molar refractivity (Wildman–Crippen MR) is 291 cm³/mol. The van der Waals surface area contributed by atoms with Gasteiger partial charge in [0.1, 0.15) is 5.78 Å². The molecule has 362 valence electrons. The van der Waals surface area contributed by atoms with E-state index in [-0.39, 0.29) is 23.3 Å². The van der Waals surface area contributed by atoms with Gasteiger partial charge in [0.05, 0.1) is 54.2 Å². The Balaban J connectivity index is 0.000000245. The monoisotopic (exact) mass is 1080 g/mol. The maximum absolute atomic E-state index is 11.9. The molecule has 1 aromatic heterocycles. The van der Waals surface area contributed by atoms with Gasteiger partial charge in [-0.1, -0.05) is 190 Å². The molecular formula is C52H50Cl6N4O5S2. The predicted octanol–water partition coefficient (Wildman–Crippen LogP) is 13.8. The summed E-state index contributed by atoms with van der Waals surface area (Å²) >= 11 is 40.8. The molecule has 0 saturated carbocycles. The molecule has 0 radical (unpaired) electrons. The van der Waals surface area contributed by atoms with E-state index in [1.807, 2.05) is 97.1 Å². The SMILES string of the molecule is COC(=O)CCc1ccccc1.NC(N)=S.Nc1nc(CCc2ccccc2)c(-c2ccc(Cl)c(Cl)c2)s1.O=C(CCc1ccccc1)Cc1ccc(Cl)c(Cl)c1.O=C(O)Cc1ccc(Cl)c(Cl)c1. The number of hydrogen-bond acceptors (Lipinski definition) is 8. The number of aliphatic carboxylic acids is 1. The first kappa shape index (κ1) is 58.1. The van der Waals surface area contributed by atoms with Crippen molar-refractivity contribution in [1.29, 1.82) is 0 Å². The number of methoxy groups -OCH3 is 1. The van der Waals surface area contributed by atoms with Crippen molar-refractivity contribution in [2.45, 2.75) is 51.4 Å².